The fraction of sp³-hybridized carbons (Fsp3) is 0.136. The van der Waals surface area contributed by atoms with Gasteiger partial charge in [-0.3, -0.25) is 9.52 Å². The Hall–Kier alpha value is -2.74. The number of carbonyl (C=O) groups excluding carboxylic acids is 1. The number of benzene rings is 3. The third-order valence-electron chi connectivity index (χ3n) is 4.45. The molecule has 0 aliphatic carbocycles. The first-order valence-electron chi connectivity index (χ1n) is 9.22. The number of sulfonamides is 1. The molecule has 162 valence electrons. The minimum atomic E-state index is -3.79. The van der Waals surface area contributed by atoms with Crippen LogP contribution in [0.4, 0.5) is 11.4 Å². The maximum atomic E-state index is 12.6. The lowest BCUT2D eigenvalue weighted by Gasteiger charge is -2.13. The van der Waals surface area contributed by atoms with E-state index in [4.69, 9.17) is 27.9 Å². The summed E-state index contributed by atoms with van der Waals surface area (Å²) in [5.41, 5.74) is 2.34. The van der Waals surface area contributed by atoms with Gasteiger partial charge in [0.15, 0.2) is 6.61 Å². The Morgan fingerprint density at radius 3 is 2.39 bits per heavy atom. The molecule has 0 bridgehead atoms. The van der Waals surface area contributed by atoms with Crippen molar-refractivity contribution in [1.29, 1.82) is 0 Å². The van der Waals surface area contributed by atoms with E-state index in [2.05, 4.69) is 10.0 Å². The zero-order chi connectivity index (χ0) is 22.6. The Morgan fingerprint density at radius 1 is 1.00 bits per heavy atom. The highest BCUT2D eigenvalue weighted by Crippen LogP contribution is 2.25. The summed E-state index contributed by atoms with van der Waals surface area (Å²) >= 11 is 11.9. The van der Waals surface area contributed by atoms with Crippen LogP contribution in [0, 0.1) is 13.8 Å². The Morgan fingerprint density at radius 2 is 1.71 bits per heavy atom. The minimum Gasteiger partial charge on any atom is -0.483 e. The van der Waals surface area contributed by atoms with Crippen molar-refractivity contribution in [2.24, 2.45) is 0 Å². The lowest BCUT2D eigenvalue weighted by atomic mass is 10.2. The molecular weight excluding hydrogens is 459 g/mol. The second-order valence-corrected chi connectivity index (χ2v) is 9.31. The fourth-order valence-electron chi connectivity index (χ4n) is 2.76. The Labute approximate surface area is 191 Å². The van der Waals surface area contributed by atoms with Gasteiger partial charge in [0.1, 0.15) is 5.75 Å². The molecule has 3 aromatic rings. The predicted molar refractivity (Wildman–Crippen MR) is 124 cm³/mol. The number of hydrogen-bond donors (Lipinski definition) is 2. The summed E-state index contributed by atoms with van der Waals surface area (Å²) in [7, 11) is -3.79. The second kappa shape index (κ2) is 9.60. The molecule has 0 radical (unpaired) electrons. The highest BCUT2D eigenvalue weighted by atomic mass is 35.5. The van der Waals surface area contributed by atoms with E-state index in [0.717, 1.165) is 5.56 Å². The SMILES string of the molecule is Cc1cc(S(=O)(=O)Nc2ccc(Cl)cc2)ccc1OCC(=O)Nc1cccc(Cl)c1C. The number of halogens is 2. The molecule has 6 nitrogen and oxygen atoms in total. The van der Waals surface area contributed by atoms with Gasteiger partial charge in [0.05, 0.1) is 4.90 Å². The largest absolute Gasteiger partial charge is 0.483 e. The third-order valence-corrected chi connectivity index (χ3v) is 6.49. The summed E-state index contributed by atoms with van der Waals surface area (Å²) in [4.78, 5) is 12.3. The van der Waals surface area contributed by atoms with Crippen LogP contribution in [0.15, 0.2) is 65.6 Å². The summed E-state index contributed by atoms with van der Waals surface area (Å²) in [6.07, 6.45) is 0. The van der Waals surface area contributed by atoms with Gasteiger partial charge >= 0.3 is 0 Å². The van der Waals surface area contributed by atoms with Crippen LogP contribution in [0.2, 0.25) is 10.0 Å². The van der Waals surface area contributed by atoms with Gasteiger partial charge in [-0.05, 0) is 79.6 Å². The van der Waals surface area contributed by atoms with Crippen molar-refractivity contribution in [3.8, 4) is 5.75 Å². The van der Waals surface area contributed by atoms with Crippen molar-refractivity contribution in [1.82, 2.24) is 0 Å². The van der Waals surface area contributed by atoms with Crippen LogP contribution in [0.1, 0.15) is 11.1 Å². The Bertz CT molecular complexity index is 1210. The number of nitrogens with one attached hydrogen (secondary N) is 2. The highest BCUT2D eigenvalue weighted by molar-refractivity contribution is 7.92. The van der Waals surface area contributed by atoms with Crippen molar-refractivity contribution in [2.45, 2.75) is 18.7 Å². The summed E-state index contributed by atoms with van der Waals surface area (Å²) < 4.78 is 33.3. The van der Waals surface area contributed by atoms with Crippen molar-refractivity contribution in [3.05, 3.63) is 81.8 Å². The molecule has 9 heteroatoms. The highest BCUT2D eigenvalue weighted by Gasteiger charge is 2.16. The molecule has 0 atom stereocenters. The first-order chi connectivity index (χ1) is 14.7. The second-order valence-electron chi connectivity index (χ2n) is 6.79. The van der Waals surface area contributed by atoms with Gasteiger partial charge in [0.25, 0.3) is 15.9 Å². The molecule has 0 aliphatic rings. The van der Waals surface area contributed by atoms with E-state index in [1.165, 1.54) is 18.2 Å². The number of anilines is 2. The van der Waals surface area contributed by atoms with Crippen LogP contribution in [-0.4, -0.2) is 20.9 Å². The quantitative estimate of drug-likeness (QED) is 0.474. The summed E-state index contributed by atoms with van der Waals surface area (Å²) in [5.74, 6) is 0.0503. The molecule has 0 saturated carbocycles. The van der Waals surface area contributed by atoms with Gasteiger partial charge in [-0.15, -0.1) is 0 Å². The smallest absolute Gasteiger partial charge is 0.262 e. The van der Waals surface area contributed by atoms with Gasteiger partial charge in [-0.1, -0.05) is 29.3 Å². The first kappa shape index (κ1) is 22.9. The average Bonchev–Trinajstić information content (AvgIpc) is 2.72. The summed E-state index contributed by atoms with van der Waals surface area (Å²) in [5, 5.41) is 3.81. The number of carbonyl (C=O) groups is 1. The number of rotatable bonds is 7. The van der Waals surface area contributed by atoms with Gasteiger partial charge in [0.2, 0.25) is 0 Å². The molecule has 0 unspecified atom stereocenters. The molecular formula is C22H20Cl2N2O4S. The molecule has 31 heavy (non-hydrogen) atoms. The van der Waals surface area contributed by atoms with Crippen molar-refractivity contribution in [3.63, 3.8) is 0 Å². The van der Waals surface area contributed by atoms with E-state index in [-0.39, 0.29) is 17.4 Å². The molecule has 0 saturated heterocycles. The molecule has 0 aromatic heterocycles. The molecule has 1 amide bonds. The van der Waals surface area contributed by atoms with E-state index in [0.29, 0.717) is 32.7 Å². The Kier molecular flexibility index (Phi) is 7.10. The molecule has 0 aliphatic heterocycles. The summed E-state index contributed by atoms with van der Waals surface area (Å²) in [6, 6.07) is 16.0. The van der Waals surface area contributed by atoms with Crippen LogP contribution >= 0.6 is 23.2 Å². The molecule has 0 heterocycles. The van der Waals surface area contributed by atoms with Gasteiger partial charge in [-0.2, -0.15) is 0 Å². The van der Waals surface area contributed by atoms with Crippen LogP contribution in [0.5, 0.6) is 5.75 Å². The van der Waals surface area contributed by atoms with Crippen molar-refractivity contribution in [2.75, 3.05) is 16.6 Å². The monoisotopic (exact) mass is 478 g/mol. The van der Waals surface area contributed by atoms with Crippen LogP contribution in [0.25, 0.3) is 0 Å². The number of aryl methyl sites for hydroxylation is 1. The summed E-state index contributed by atoms with van der Waals surface area (Å²) in [6.45, 7) is 3.28. The van der Waals surface area contributed by atoms with Crippen LogP contribution in [0.3, 0.4) is 0 Å². The van der Waals surface area contributed by atoms with E-state index >= 15 is 0 Å². The fourth-order valence-corrected chi connectivity index (χ4v) is 4.20. The number of amides is 1. The molecule has 0 fully saturated rings. The van der Waals surface area contributed by atoms with Crippen LogP contribution in [-0.2, 0) is 14.8 Å². The van der Waals surface area contributed by atoms with Gasteiger partial charge in [0, 0.05) is 21.4 Å². The average molecular weight is 479 g/mol. The normalized spacial score (nSPS) is 11.1. The zero-order valence-electron chi connectivity index (χ0n) is 16.8. The predicted octanol–water partition coefficient (Wildman–Crippen LogP) is 5.43. The van der Waals surface area contributed by atoms with Gasteiger partial charge < -0.3 is 10.1 Å². The standard InChI is InChI=1S/C22H20Cl2N2O4S/c1-14-12-18(31(28,29)26-17-8-6-16(23)7-9-17)10-11-21(14)30-13-22(27)25-20-5-3-4-19(24)15(20)2/h3-12,26H,13H2,1-2H3,(H,25,27). The third kappa shape index (κ3) is 5.91. The lowest BCUT2D eigenvalue weighted by Crippen LogP contribution is -2.21. The molecule has 0 spiro atoms. The molecule has 3 rings (SSSR count). The number of ether oxygens (including phenoxy) is 1. The van der Waals surface area contributed by atoms with E-state index in [1.807, 2.05) is 0 Å². The van der Waals surface area contributed by atoms with Crippen molar-refractivity contribution < 1.29 is 17.9 Å². The molecule has 2 N–H and O–H groups in total. The first-order valence-corrected chi connectivity index (χ1v) is 11.5. The van der Waals surface area contributed by atoms with E-state index in [1.54, 1.807) is 56.3 Å². The van der Waals surface area contributed by atoms with Crippen LogP contribution < -0.4 is 14.8 Å². The maximum absolute atomic E-state index is 12.6. The lowest BCUT2D eigenvalue weighted by molar-refractivity contribution is -0.118. The number of hydrogen-bond acceptors (Lipinski definition) is 4. The van der Waals surface area contributed by atoms with E-state index < -0.39 is 10.0 Å². The van der Waals surface area contributed by atoms with Crippen molar-refractivity contribution >= 4 is 50.5 Å². The minimum absolute atomic E-state index is 0.0753. The van der Waals surface area contributed by atoms with E-state index in [9.17, 15) is 13.2 Å². The Balaban J connectivity index is 1.65. The maximum Gasteiger partial charge on any atom is 0.262 e. The zero-order valence-corrected chi connectivity index (χ0v) is 19.1. The van der Waals surface area contributed by atoms with Gasteiger partial charge in [-0.25, -0.2) is 8.42 Å². The topological polar surface area (TPSA) is 84.5 Å². The molecule has 3 aromatic carbocycles.